The van der Waals surface area contributed by atoms with E-state index in [4.69, 9.17) is 9.97 Å². The molecule has 0 radical (unpaired) electrons. The summed E-state index contributed by atoms with van der Waals surface area (Å²) < 4.78 is 0. The standard InChI is InChI=1S/C16H26N4/c1-4-12-7-9-20(10-8-12)16-11(2)14(17-3)18-15(19-16)13-5-6-13/h12-13H,4-10H2,1-3H3,(H,17,18,19). The zero-order chi connectivity index (χ0) is 14.1. The molecule has 1 aliphatic heterocycles. The zero-order valence-corrected chi connectivity index (χ0v) is 12.9. The van der Waals surface area contributed by atoms with Crippen molar-refractivity contribution in [3.05, 3.63) is 11.4 Å². The molecule has 4 nitrogen and oxygen atoms in total. The van der Waals surface area contributed by atoms with Crippen molar-refractivity contribution in [1.29, 1.82) is 0 Å². The molecule has 1 saturated heterocycles. The molecule has 0 atom stereocenters. The molecule has 20 heavy (non-hydrogen) atoms. The van der Waals surface area contributed by atoms with Gasteiger partial charge in [-0.3, -0.25) is 0 Å². The Labute approximate surface area is 122 Å². The van der Waals surface area contributed by atoms with E-state index in [-0.39, 0.29) is 0 Å². The SMILES string of the molecule is CCC1CCN(c2nc(C3CC3)nc(NC)c2C)CC1. The molecule has 1 saturated carbocycles. The summed E-state index contributed by atoms with van der Waals surface area (Å²) in [6.07, 6.45) is 6.42. The average Bonchev–Trinajstić information content (AvgIpc) is 3.32. The van der Waals surface area contributed by atoms with E-state index in [2.05, 4.69) is 24.1 Å². The third-order valence-corrected chi connectivity index (χ3v) is 4.81. The van der Waals surface area contributed by atoms with E-state index in [1.165, 1.54) is 43.5 Å². The Hall–Kier alpha value is -1.32. The number of hydrogen-bond acceptors (Lipinski definition) is 4. The van der Waals surface area contributed by atoms with E-state index in [1.807, 2.05) is 7.05 Å². The van der Waals surface area contributed by atoms with Crippen molar-refractivity contribution < 1.29 is 0 Å². The van der Waals surface area contributed by atoms with Crippen LogP contribution in [0.1, 0.15) is 56.3 Å². The molecule has 0 aromatic carbocycles. The van der Waals surface area contributed by atoms with Crippen LogP contribution < -0.4 is 10.2 Å². The number of nitrogens with one attached hydrogen (secondary N) is 1. The van der Waals surface area contributed by atoms with E-state index in [0.717, 1.165) is 30.6 Å². The number of rotatable bonds is 4. The second kappa shape index (κ2) is 5.58. The molecule has 3 rings (SSSR count). The molecule has 4 heteroatoms. The highest BCUT2D eigenvalue weighted by Gasteiger charge is 2.29. The zero-order valence-electron chi connectivity index (χ0n) is 12.9. The summed E-state index contributed by atoms with van der Waals surface area (Å²) in [6, 6.07) is 0. The maximum Gasteiger partial charge on any atom is 0.137 e. The lowest BCUT2D eigenvalue weighted by Gasteiger charge is -2.33. The summed E-state index contributed by atoms with van der Waals surface area (Å²) in [7, 11) is 1.96. The van der Waals surface area contributed by atoms with Gasteiger partial charge in [-0.25, -0.2) is 9.97 Å². The first kappa shape index (κ1) is 13.7. The fraction of sp³-hybridized carbons (Fsp3) is 0.750. The van der Waals surface area contributed by atoms with Gasteiger partial charge >= 0.3 is 0 Å². The van der Waals surface area contributed by atoms with Crippen molar-refractivity contribution in [3.63, 3.8) is 0 Å². The Morgan fingerprint density at radius 2 is 1.85 bits per heavy atom. The smallest absolute Gasteiger partial charge is 0.137 e. The molecule has 1 aromatic rings. The number of aromatic nitrogens is 2. The minimum absolute atomic E-state index is 0.606. The summed E-state index contributed by atoms with van der Waals surface area (Å²) in [5.41, 5.74) is 1.20. The van der Waals surface area contributed by atoms with E-state index in [0.29, 0.717) is 5.92 Å². The van der Waals surface area contributed by atoms with Crippen LogP contribution in [0, 0.1) is 12.8 Å². The van der Waals surface area contributed by atoms with Gasteiger partial charge in [-0.1, -0.05) is 13.3 Å². The Morgan fingerprint density at radius 3 is 2.40 bits per heavy atom. The van der Waals surface area contributed by atoms with Gasteiger partial charge < -0.3 is 10.2 Å². The summed E-state index contributed by atoms with van der Waals surface area (Å²) in [5, 5.41) is 3.24. The summed E-state index contributed by atoms with van der Waals surface area (Å²) in [4.78, 5) is 12.1. The van der Waals surface area contributed by atoms with E-state index >= 15 is 0 Å². The summed E-state index contributed by atoms with van der Waals surface area (Å²) in [6.45, 7) is 6.73. The minimum Gasteiger partial charge on any atom is -0.373 e. The Bertz CT molecular complexity index is 474. The predicted molar refractivity (Wildman–Crippen MR) is 83.5 cm³/mol. The molecular weight excluding hydrogens is 248 g/mol. The fourth-order valence-corrected chi connectivity index (χ4v) is 3.15. The molecule has 0 bridgehead atoms. The van der Waals surface area contributed by atoms with Gasteiger partial charge in [0, 0.05) is 31.6 Å². The maximum atomic E-state index is 4.89. The number of nitrogens with zero attached hydrogens (tertiary/aromatic N) is 3. The molecule has 2 fully saturated rings. The quantitative estimate of drug-likeness (QED) is 0.914. The second-order valence-electron chi connectivity index (χ2n) is 6.24. The van der Waals surface area contributed by atoms with Gasteiger partial charge in [0.1, 0.15) is 17.5 Å². The van der Waals surface area contributed by atoms with Gasteiger partial charge in [0.15, 0.2) is 0 Å². The molecule has 110 valence electrons. The molecule has 1 aromatic heterocycles. The van der Waals surface area contributed by atoms with Gasteiger partial charge in [-0.05, 0) is 38.5 Å². The van der Waals surface area contributed by atoms with Crippen LogP contribution in [0.2, 0.25) is 0 Å². The minimum atomic E-state index is 0.606. The second-order valence-corrected chi connectivity index (χ2v) is 6.24. The van der Waals surface area contributed by atoms with Gasteiger partial charge in [0.2, 0.25) is 0 Å². The molecule has 1 N–H and O–H groups in total. The molecule has 0 unspecified atom stereocenters. The average molecular weight is 274 g/mol. The monoisotopic (exact) mass is 274 g/mol. The normalized spacial score (nSPS) is 20.2. The predicted octanol–water partition coefficient (Wildman–Crippen LogP) is 3.33. The first-order valence-corrected chi connectivity index (χ1v) is 8.04. The third-order valence-electron chi connectivity index (χ3n) is 4.81. The van der Waals surface area contributed by atoms with Crippen LogP contribution in [0.15, 0.2) is 0 Å². The van der Waals surface area contributed by atoms with Crippen LogP contribution in [-0.4, -0.2) is 30.1 Å². The van der Waals surface area contributed by atoms with Crippen LogP contribution in [0.5, 0.6) is 0 Å². The van der Waals surface area contributed by atoms with Gasteiger partial charge in [-0.2, -0.15) is 0 Å². The lowest BCUT2D eigenvalue weighted by Crippen LogP contribution is -2.35. The van der Waals surface area contributed by atoms with Crippen LogP contribution >= 0.6 is 0 Å². The van der Waals surface area contributed by atoms with Crippen molar-refractivity contribution in [2.45, 2.75) is 51.9 Å². The highest BCUT2D eigenvalue weighted by molar-refractivity contribution is 5.59. The van der Waals surface area contributed by atoms with Crippen molar-refractivity contribution in [1.82, 2.24) is 9.97 Å². The molecular formula is C16H26N4. The first-order chi connectivity index (χ1) is 9.72. The molecule has 2 aliphatic rings. The van der Waals surface area contributed by atoms with Gasteiger partial charge in [-0.15, -0.1) is 0 Å². The lowest BCUT2D eigenvalue weighted by atomic mass is 9.94. The fourth-order valence-electron chi connectivity index (χ4n) is 3.15. The van der Waals surface area contributed by atoms with Crippen molar-refractivity contribution in [2.75, 3.05) is 30.4 Å². The van der Waals surface area contributed by atoms with E-state index < -0.39 is 0 Å². The van der Waals surface area contributed by atoms with Gasteiger partial charge in [0.05, 0.1) is 0 Å². The number of hydrogen-bond donors (Lipinski definition) is 1. The van der Waals surface area contributed by atoms with Crippen molar-refractivity contribution in [2.24, 2.45) is 5.92 Å². The Balaban J connectivity index is 1.86. The lowest BCUT2D eigenvalue weighted by molar-refractivity contribution is 0.393. The van der Waals surface area contributed by atoms with Crippen molar-refractivity contribution >= 4 is 11.6 Å². The first-order valence-electron chi connectivity index (χ1n) is 8.04. The number of anilines is 2. The number of piperidine rings is 1. The summed E-state index contributed by atoms with van der Waals surface area (Å²) >= 11 is 0. The third kappa shape index (κ3) is 2.60. The Kier molecular flexibility index (Phi) is 3.81. The van der Waals surface area contributed by atoms with Gasteiger partial charge in [0.25, 0.3) is 0 Å². The Morgan fingerprint density at radius 1 is 1.15 bits per heavy atom. The molecule has 1 aliphatic carbocycles. The molecule has 0 amide bonds. The summed E-state index contributed by atoms with van der Waals surface area (Å²) in [5.74, 6) is 4.73. The highest BCUT2D eigenvalue weighted by Crippen LogP contribution is 2.40. The molecule has 0 spiro atoms. The van der Waals surface area contributed by atoms with E-state index in [9.17, 15) is 0 Å². The van der Waals surface area contributed by atoms with Crippen LogP contribution in [-0.2, 0) is 0 Å². The van der Waals surface area contributed by atoms with Crippen molar-refractivity contribution in [3.8, 4) is 0 Å². The molecule has 2 heterocycles. The van der Waals surface area contributed by atoms with Crippen LogP contribution in [0.25, 0.3) is 0 Å². The highest BCUT2D eigenvalue weighted by atomic mass is 15.2. The topological polar surface area (TPSA) is 41.1 Å². The van der Waals surface area contributed by atoms with Crippen LogP contribution in [0.3, 0.4) is 0 Å². The largest absolute Gasteiger partial charge is 0.373 e. The maximum absolute atomic E-state index is 4.89. The van der Waals surface area contributed by atoms with Crippen LogP contribution in [0.4, 0.5) is 11.6 Å². The van der Waals surface area contributed by atoms with E-state index in [1.54, 1.807) is 0 Å².